The molecule has 0 rings (SSSR count). The van der Waals surface area contributed by atoms with Gasteiger partial charge in [-0.05, 0) is 0 Å². The first kappa shape index (κ1) is 57.5. The third-order valence-corrected chi connectivity index (χ3v) is 11.1. The smallest absolute Gasteiger partial charge is 0 e. The summed E-state index contributed by atoms with van der Waals surface area (Å²) >= 11 is 0. The lowest BCUT2D eigenvalue weighted by atomic mass is 8.24. The first-order valence-electron chi connectivity index (χ1n) is 17.7. The fourth-order valence-corrected chi connectivity index (χ4v) is 9.24. The van der Waals surface area contributed by atoms with E-state index in [1.807, 2.05) is 0 Å². The van der Waals surface area contributed by atoms with Crippen LogP contribution in [0.3, 0.4) is 0 Å². The number of hydrogen-bond acceptors (Lipinski definition) is 0. The lowest BCUT2D eigenvalue weighted by Crippen LogP contribution is -2.96. The maximum absolute atomic E-state index is 6.57. The predicted octanol–water partition coefficient (Wildman–Crippen LogP) is -20.6. The van der Waals surface area contributed by atoms with Gasteiger partial charge in [0.2, 0.25) is 0 Å². The van der Waals surface area contributed by atoms with Gasteiger partial charge >= 0.3 is 0 Å². The molecule has 0 aromatic rings. The molecule has 54 heavy (non-hydrogen) atoms. The van der Waals surface area contributed by atoms with Crippen molar-refractivity contribution in [2.45, 2.75) is 0 Å². The second-order valence-electron chi connectivity index (χ2n) is 15.0. The van der Waals surface area contributed by atoms with Crippen LogP contribution in [0.2, 0.25) is 0 Å². The molecule has 0 bridgehead atoms. The fourth-order valence-electron chi connectivity index (χ4n) is 9.24. The SMILES string of the molecule is [B]B([B])B(B([B])[B])B(B(B([B])[B])B([B])[B])B(B(B([B])[B])B([B])[B])B(B(B(B([B])[B])B([B])[B])B(B([B])[B])B([B])[B])B(B(B([B])[B])B([B])[B])B(B([B])[B])B([B])[B]. The van der Waals surface area contributed by atoms with E-state index in [2.05, 4.69) is 0 Å². The first-order valence-corrected chi connectivity index (χ1v) is 17.7. The van der Waals surface area contributed by atoms with Gasteiger partial charge < -0.3 is 0 Å². The summed E-state index contributed by atoms with van der Waals surface area (Å²) in [5.74, 6) is 0. The maximum Gasteiger partial charge on any atom is 0 e. The van der Waals surface area contributed by atoms with E-state index in [1.165, 1.54) is 0 Å². The molecule has 0 N–H and O–H groups in total. The minimum atomic E-state index is -1.44. The van der Waals surface area contributed by atoms with Crippen molar-refractivity contribution < 1.29 is 0 Å². The molecule has 0 fully saturated rings. The van der Waals surface area contributed by atoms with Crippen molar-refractivity contribution in [1.29, 1.82) is 0 Å². The molecular formula is B54. The van der Waals surface area contributed by atoms with Crippen molar-refractivity contribution >= 4 is 383 Å². The Morgan fingerprint density at radius 2 is 0.148 bits per heavy atom. The number of hydrogen-bond donors (Lipinski definition) is 0. The largest absolute Gasteiger partial charge is 0 e. The van der Waals surface area contributed by atoms with Crippen molar-refractivity contribution in [3.8, 4) is 0 Å². The molecular weight excluding hydrogens is 584 g/mol. The van der Waals surface area contributed by atoms with Crippen molar-refractivity contribution in [3.63, 3.8) is 0 Å². The molecule has 0 heterocycles. The zero-order chi connectivity index (χ0) is 43.0. The predicted molar refractivity (Wildman–Crippen MR) is 311 cm³/mol. The highest BCUT2D eigenvalue weighted by molar-refractivity contribution is 8.36. The Balaban J connectivity index is 9.98. The van der Waals surface area contributed by atoms with Gasteiger partial charge in [0.15, 0.2) is 0 Å². The molecule has 0 aliphatic heterocycles. The molecule has 0 aromatic carbocycles. The Bertz CT molecular complexity index is 793. The van der Waals surface area contributed by atoms with Gasteiger partial charge in [0, 0.05) is 383 Å². The van der Waals surface area contributed by atoms with Crippen LogP contribution in [0.1, 0.15) is 0 Å². The highest BCUT2D eigenvalue weighted by Crippen LogP contribution is 2.23. The Morgan fingerprint density at radius 3 is 0.222 bits per heavy atom. The summed E-state index contributed by atoms with van der Waals surface area (Å²) in [6, 6.07) is 0. The molecule has 0 aliphatic carbocycles. The van der Waals surface area contributed by atoms with Crippen molar-refractivity contribution in [3.05, 3.63) is 0 Å². The third kappa shape index (κ3) is 15.4. The van der Waals surface area contributed by atoms with E-state index in [-0.39, 0.29) is 0 Å². The van der Waals surface area contributed by atoms with Crippen LogP contribution in [-0.4, -0.2) is 383 Å². The second-order valence-corrected chi connectivity index (χ2v) is 15.0. The Hall–Kier alpha value is 3.51. The van der Waals surface area contributed by atoms with Gasteiger partial charge in [0.05, 0.1) is 0 Å². The Labute approximate surface area is 379 Å². The van der Waals surface area contributed by atoms with E-state index in [4.69, 9.17) is 217 Å². The van der Waals surface area contributed by atoms with Crippen LogP contribution in [0.4, 0.5) is 0 Å². The van der Waals surface area contributed by atoms with Gasteiger partial charge in [-0.25, -0.2) is 0 Å². The lowest BCUT2D eigenvalue weighted by Gasteiger charge is -2.58. The van der Waals surface area contributed by atoms with E-state index in [1.54, 1.807) is 0 Å². The van der Waals surface area contributed by atoms with Gasteiger partial charge in [-0.1, -0.05) is 0 Å². The summed E-state index contributed by atoms with van der Waals surface area (Å²) in [5.41, 5.74) is 0. The van der Waals surface area contributed by atoms with Gasteiger partial charge in [-0.2, -0.15) is 0 Å². The maximum atomic E-state index is 6.57. The van der Waals surface area contributed by atoms with Gasteiger partial charge in [-0.15, -0.1) is 0 Å². The summed E-state index contributed by atoms with van der Waals surface area (Å²) in [4.78, 5) is 0. The first-order chi connectivity index (χ1) is 24.5. The Morgan fingerprint density at radius 1 is 0.0926 bits per heavy atom. The quantitative estimate of drug-likeness (QED) is 0.0938. The fraction of sp³-hybridized carbons (Fsp3) is 0. The molecule has 162 valence electrons. The molecule has 54 heteroatoms. The molecule has 0 saturated carbocycles. The number of rotatable bonds is 25. The monoisotopic (exact) mass is 595 g/mol. The van der Waals surface area contributed by atoms with Crippen LogP contribution in [-0.2, 0) is 0 Å². The van der Waals surface area contributed by atoms with E-state index >= 15 is 0 Å². The van der Waals surface area contributed by atoms with Crippen LogP contribution in [0.5, 0.6) is 0 Å². The molecule has 0 nitrogen and oxygen atoms in total. The third-order valence-electron chi connectivity index (χ3n) is 11.1. The Kier molecular flexibility index (Phi) is 27.9. The van der Waals surface area contributed by atoms with Crippen LogP contribution < -0.4 is 0 Å². The van der Waals surface area contributed by atoms with Gasteiger partial charge in [0.1, 0.15) is 0 Å². The summed E-state index contributed by atoms with van der Waals surface area (Å²) < 4.78 is 0. The van der Waals surface area contributed by atoms with Crippen molar-refractivity contribution in [2.75, 3.05) is 0 Å². The van der Waals surface area contributed by atoms with Gasteiger partial charge in [-0.3, -0.25) is 0 Å². The van der Waals surface area contributed by atoms with Crippen LogP contribution in [0.25, 0.3) is 0 Å². The van der Waals surface area contributed by atoms with Crippen molar-refractivity contribution in [2.24, 2.45) is 0 Å². The van der Waals surface area contributed by atoms with E-state index in [9.17, 15) is 0 Å². The average Bonchev–Trinajstić information content (AvgIpc) is 2.93. The molecule has 0 spiro atoms. The van der Waals surface area contributed by atoms with Crippen LogP contribution >= 0.6 is 0 Å². The second kappa shape index (κ2) is 26.2. The topological polar surface area (TPSA) is 0 Å². The molecule has 0 aliphatic rings. The minimum Gasteiger partial charge on any atom is 0 e. The standard InChI is InChI=1S/B54/c1-29(2)43(30(3)4)50(44(31(5)6)32(7)8)53(49(41(25)26)42(27)28)54(51(45(33(9)10)34(11)12)46(35(13)14)36(15)16)52(47(37(17)18)38(19)20)48(39(21)22)40(23)24. The average molecular weight is 584 g/mol. The minimum absolute atomic E-state index is 1.24. The molecule has 0 amide bonds. The van der Waals surface area contributed by atoms with Crippen molar-refractivity contribution in [1.82, 2.24) is 0 Å². The molecule has 0 saturated heterocycles. The summed E-state index contributed by atoms with van der Waals surface area (Å²) in [5, 5.41) is 0. The van der Waals surface area contributed by atoms with E-state index < -0.39 is 166 Å². The zero-order valence-corrected chi connectivity index (χ0v) is 31.2. The van der Waals surface area contributed by atoms with E-state index in [0.29, 0.717) is 0 Å². The molecule has 0 aromatic heterocycles. The zero-order valence-electron chi connectivity index (χ0n) is 31.2. The summed E-state index contributed by atoms with van der Waals surface area (Å²) in [7, 11) is 182. The summed E-state index contributed by atoms with van der Waals surface area (Å²) in [6.07, 6.45) is -35.1. The molecule has 0 unspecified atom stereocenters. The highest BCUT2D eigenvalue weighted by atomic mass is 13.4. The normalized spacial score (nSPS) is 9.70. The van der Waals surface area contributed by atoms with Crippen LogP contribution in [0.15, 0.2) is 0 Å². The molecule has 0 atom stereocenters. The van der Waals surface area contributed by atoms with Crippen LogP contribution in [0, 0.1) is 0 Å². The highest BCUT2D eigenvalue weighted by Gasteiger charge is 2.61. The van der Waals surface area contributed by atoms with Gasteiger partial charge in [0.25, 0.3) is 0 Å². The summed E-state index contributed by atoms with van der Waals surface area (Å²) in [6.45, 7) is 0. The molecule has 56 radical (unpaired) electrons. The lowest BCUT2D eigenvalue weighted by molar-refractivity contribution is 3.18. The van der Waals surface area contributed by atoms with E-state index in [0.717, 1.165) is 0 Å².